The van der Waals surface area contributed by atoms with Crippen LogP contribution >= 0.6 is 0 Å². The molecule has 0 aromatic heterocycles. The maximum Gasteiger partial charge on any atom is 0.679 e. The van der Waals surface area contributed by atoms with Gasteiger partial charge in [-0.05, 0) is 13.8 Å². The molecular weight excluding hydrogens is 276 g/mol. The molecule has 0 N–H and O–H groups in total. The summed E-state index contributed by atoms with van der Waals surface area (Å²) in [6.45, 7) is 3.57. The molecule has 0 amide bonds. The van der Waals surface area contributed by atoms with Gasteiger partial charge in [-0.15, -0.1) is 0 Å². The van der Waals surface area contributed by atoms with Gasteiger partial charge in [-0.2, -0.15) is 0 Å². The third-order valence-corrected chi connectivity index (χ3v) is 8.33. The highest BCUT2D eigenvalue weighted by atomic mass is 28.4. The van der Waals surface area contributed by atoms with E-state index in [2.05, 4.69) is 0 Å². The van der Waals surface area contributed by atoms with Gasteiger partial charge in [0.05, 0.1) is 0 Å². The van der Waals surface area contributed by atoms with E-state index in [-0.39, 0.29) is 0 Å². The fraction of sp³-hybridized carbons (Fsp3) is 1.00. The smallest absolute Gasteiger partial charge is 0.375 e. The minimum Gasteiger partial charge on any atom is -0.375 e. The molecule has 0 aliphatic rings. The molecule has 110 valence electrons. The van der Waals surface area contributed by atoms with Gasteiger partial charge in [-0.25, -0.2) is 0 Å². The van der Waals surface area contributed by atoms with Crippen molar-refractivity contribution >= 4 is 17.9 Å². The minimum absolute atomic E-state index is 0.889. The fourth-order valence-electron chi connectivity index (χ4n) is 1.74. The summed E-state index contributed by atoms with van der Waals surface area (Å²) >= 11 is 0. The van der Waals surface area contributed by atoms with Gasteiger partial charge >= 0.3 is 17.9 Å². The molecule has 0 unspecified atom stereocenters. The molecule has 0 fully saturated rings. The standard InChI is InChI=1S/C9H24O7Si2/c1-9(2,17(10-3,11-4)12-5)16-18(13-6,14-7)15-8/h1-8H3. The second kappa shape index (κ2) is 7.07. The van der Waals surface area contributed by atoms with Crippen LogP contribution in [0.4, 0.5) is 0 Å². The Hall–Kier alpha value is 0.154. The van der Waals surface area contributed by atoms with Gasteiger partial charge in [0.25, 0.3) is 0 Å². The lowest BCUT2D eigenvalue weighted by Gasteiger charge is -2.41. The maximum atomic E-state index is 5.87. The first kappa shape index (κ1) is 18.2. The first-order chi connectivity index (χ1) is 8.32. The molecule has 0 atom stereocenters. The average molecular weight is 300 g/mol. The quantitative estimate of drug-likeness (QED) is 0.577. The average Bonchev–Trinajstić information content (AvgIpc) is 2.38. The zero-order valence-corrected chi connectivity index (χ0v) is 14.4. The molecule has 0 aromatic carbocycles. The van der Waals surface area contributed by atoms with Crippen LogP contribution in [0.3, 0.4) is 0 Å². The van der Waals surface area contributed by atoms with Crippen molar-refractivity contribution in [2.75, 3.05) is 42.7 Å². The van der Waals surface area contributed by atoms with E-state index in [9.17, 15) is 0 Å². The molecular formula is C9H24O7Si2. The highest BCUT2D eigenvalue weighted by Gasteiger charge is 2.61. The van der Waals surface area contributed by atoms with Crippen LogP contribution in [0.25, 0.3) is 0 Å². The summed E-state index contributed by atoms with van der Waals surface area (Å²) in [4.78, 5) is 0. The van der Waals surface area contributed by atoms with Crippen LogP contribution in [0, 0.1) is 0 Å². The van der Waals surface area contributed by atoms with Crippen LogP contribution in [-0.2, 0) is 31.0 Å². The molecule has 0 saturated heterocycles. The summed E-state index contributed by atoms with van der Waals surface area (Å²) < 4.78 is 37.8. The van der Waals surface area contributed by atoms with Crippen LogP contribution < -0.4 is 0 Å². The molecule has 0 aromatic rings. The van der Waals surface area contributed by atoms with Gasteiger partial charge in [0, 0.05) is 42.7 Å². The predicted molar refractivity (Wildman–Crippen MR) is 68.7 cm³/mol. The molecule has 0 spiro atoms. The lowest BCUT2D eigenvalue weighted by atomic mass is 10.5. The Morgan fingerprint density at radius 2 is 0.944 bits per heavy atom. The largest absolute Gasteiger partial charge is 0.679 e. The first-order valence-electron chi connectivity index (χ1n) is 5.33. The van der Waals surface area contributed by atoms with E-state index < -0.39 is 23.1 Å². The Labute approximate surface area is 111 Å². The Morgan fingerprint density at radius 1 is 0.611 bits per heavy atom. The Bertz CT molecular complexity index is 225. The van der Waals surface area contributed by atoms with Crippen molar-refractivity contribution in [3.63, 3.8) is 0 Å². The maximum absolute atomic E-state index is 5.87. The van der Waals surface area contributed by atoms with Crippen LogP contribution in [0.1, 0.15) is 13.8 Å². The minimum atomic E-state index is -3.22. The van der Waals surface area contributed by atoms with Crippen LogP contribution in [0.2, 0.25) is 0 Å². The number of hydrogen-bond donors (Lipinski definition) is 0. The zero-order valence-electron chi connectivity index (χ0n) is 12.4. The van der Waals surface area contributed by atoms with Gasteiger partial charge in [-0.1, -0.05) is 0 Å². The summed E-state index contributed by atoms with van der Waals surface area (Å²) in [6.07, 6.45) is 0. The van der Waals surface area contributed by atoms with Crippen molar-refractivity contribution in [3.8, 4) is 0 Å². The summed E-state index contributed by atoms with van der Waals surface area (Å²) in [5, 5.41) is -0.889. The Morgan fingerprint density at radius 3 is 1.17 bits per heavy atom. The van der Waals surface area contributed by atoms with Gasteiger partial charge in [0.2, 0.25) is 0 Å². The van der Waals surface area contributed by atoms with E-state index in [0.717, 1.165) is 0 Å². The molecule has 7 nitrogen and oxygen atoms in total. The second-order valence-corrected chi connectivity index (χ2v) is 9.86. The molecule has 18 heavy (non-hydrogen) atoms. The van der Waals surface area contributed by atoms with E-state index in [4.69, 9.17) is 31.0 Å². The summed E-state index contributed by atoms with van der Waals surface area (Å²) in [6, 6.07) is 0. The van der Waals surface area contributed by atoms with E-state index in [1.807, 2.05) is 0 Å². The molecule has 0 aliphatic heterocycles. The van der Waals surface area contributed by atoms with E-state index in [1.54, 1.807) is 13.8 Å². The topological polar surface area (TPSA) is 64.6 Å². The second-order valence-electron chi connectivity index (χ2n) is 3.89. The van der Waals surface area contributed by atoms with Crippen molar-refractivity contribution < 1.29 is 31.0 Å². The SMILES string of the molecule is CO[Si](OC)(OC)OC(C)(C)[Si](OC)(OC)OC. The van der Waals surface area contributed by atoms with E-state index >= 15 is 0 Å². The third-order valence-electron chi connectivity index (χ3n) is 2.67. The molecule has 0 radical (unpaired) electrons. The van der Waals surface area contributed by atoms with Crippen LogP contribution in [0.15, 0.2) is 0 Å². The number of hydrogen-bond acceptors (Lipinski definition) is 7. The van der Waals surface area contributed by atoms with E-state index in [1.165, 1.54) is 42.7 Å². The lowest BCUT2D eigenvalue weighted by Crippen LogP contribution is -2.67. The molecule has 0 rings (SSSR count). The normalized spacial score (nSPS) is 14.0. The molecule has 0 aliphatic carbocycles. The fourth-order valence-corrected chi connectivity index (χ4v) is 5.96. The van der Waals surface area contributed by atoms with E-state index in [0.29, 0.717) is 0 Å². The van der Waals surface area contributed by atoms with Gasteiger partial charge in [0.15, 0.2) is 0 Å². The Balaban J connectivity index is 5.24. The van der Waals surface area contributed by atoms with Gasteiger partial charge in [-0.3, -0.25) is 0 Å². The summed E-state index contributed by atoms with van der Waals surface area (Å²) in [7, 11) is 2.68. The molecule has 0 heterocycles. The van der Waals surface area contributed by atoms with Crippen molar-refractivity contribution in [2.24, 2.45) is 0 Å². The third kappa shape index (κ3) is 3.37. The number of rotatable bonds is 9. The summed E-state index contributed by atoms with van der Waals surface area (Å²) in [5.74, 6) is 0. The molecule has 0 saturated carbocycles. The molecule has 0 bridgehead atoms. The van der Waals surface area contributed by atoms with Crippen molar-refractivity contribution in [1.82, 2.24) is 0 Å². The monoisotopic (exact) mass is 300 g/mol. The van der Waals surface area contributed by atoms with Crippen molar-refractivity contribution in [3.05, 3.63) is 0 Å². The highest BCUT2D eigenvalue weighted by molar-refractivity contribution is 6.65. The Kier molecular flexibility index (Phi) is 7.14. The summed E-state index contributed by atoms with van der Waals surface area (Å²) in [5.41, 5.74) is 0. The first-order valence-corrected chi connectivity index (χ1v) is 8.69. The van der Waals surface area contributed by atoms with Gasteiger partial charge in [0.1, 0.15) is 5.22 Å². The van der Waals surface area contributed by atoms with Crippen molar-refractivity contribution in [2.45, 2.75) is 19.1 Å². The zero-order chi connectivity index (χ0) is 14.4. The highest BCUT2D eigenvalue weighted by Crippen LogP contribution is 2.30. The van der Waals surface area contributed by atoms with Crippen LogP contribution in [-0.4, -0.2) is 65.7 Å². The van der Waals surface area contributed by atoms with Crippen LogP contribution in [0.5, 0.6) is 0 Å². The molecule has 9 heteroatoms. The van der Waals surface area contributed by atoms with Crippen molar-refractivity contribution in [1.29, 1.82) is 0 Å². The van der Waals surface area contributed by atoms with Gasteiger partial charge < -0.3 is 31.0 Å². The lowest BCUT2D eigenvalue weighted by molar-refractivity contribution is -0.0619. The predicted octanol–water partition coefficient (Wildman–Crippen LogP) is 0.574.